The van der Waals surface area contributed by atoms with Crippen LogP contribution in [0.1, 0.15) is 25.0 Å². The number of nitrogens with zero attached hydrogens (tertiary/aromatic N) is 4. The van der Waals surface area contributed by atoms with Crippen LogP contribution in [0.4, 0.5) is 17.3 Å². The van der Waals surface area contributed by atoms with Crippen molar-refractivity contribution < 1.29 is 0 Å². The Kier molecular flexibility index (Phi) is 5.38. The quantitative estimate of drug-likeness (QED) is 0.221. The monoisotopic (exact) mass is 546 g/mol. The largest absolute Gasteiger partial charge is 0.277 e. The van der Waals surface area contributed by atoms with Gasteiger partial charge in [-0.25, -0.2) is 4.98 Å². The fourth-order valence-corrected chi connectivity index (χ4v) is 7.14. The van der Waals surface area contributed by atoms with E-state index in [0.29, 0.717) is 17.6 Å². The van der Waals surface area contributed by atoms with E-state index in [2.05, 4.69) is 104 Å². The number of rotatable bonds is 3. The summed E-state index contributed by atoms with van der Waals surface area (Å²) in [6, 6.07) is 42.3. The van der Waals surface area contributed by atoms with Gasteiger partial charge in [-0.3, -0.25) is 4.90 Å². The van der Waals surface area contributed by atoms with E-state index in [0.717, 1.165) is 22.5 Å². The standard InChI is InChI=1S/C36H26N4S/c1-36(2)27-18-10-9-17-25(27)26-21-32-30(22-28(26)36)40(29-19-11-12-20-31(29)41-32)35-38-33(23-13-5-3-6-14-23)37-34(39-35)24-15-7-4-8-16-24/h3-22H,1-2H3. The van der Waals surface area contributed by atoms with Crippen molar-refractivity contribution in [1.29, 1.82) is 0 Å². The number of hydrogen-bond acceptors (Lipinski definition) is 5. The summed E-state index contributed by atoms with van der Waals surface area (Å²) in [6.07, 6.45) is 0. The third-order valence-corrected chi connectivity index (χ3v) is 9.23. The van der Waals surface area contributed by atoms with E-state index in [1.807, 2.05) is 48.2 Å². The number of fused-ring (bicyclic) bond motifs is 5. The van der Waals surface area contributed by atoms with Gasteiger partial charge in [0.15, 0.2) is 11.6 Å². The van der Waals surface area contributed by atoms with Crippen LogP contribution in [0.25, 0.3) is 33.9 Å². The van der Waals surface area contributed by atoms with Crippen molar-refractivity contribution in [3.63, 3.8) is 0 Å². The second kappa shape index (κ2) is 9.15. The first-order valence-corrected chi connectivity index (χ1v) is 14.6. The molecule has 1 aromatic heterocycles. The minimum absolute atomic E-state index is 0.113. The van der Waals surface area contributed by atoms with Crippen LogP contribution in [0, 0.1) is 0 Å². The van der Waals surface area contributed by atoms with Gasteiger partial charge in [-0.2, -0.15) is 9.97 Å². The molecule has 6 aromatic rings. The fraction of sp³-hybridized carbons (Fsp3) is 0.0833. The molecule has 5 aromatic carbocycles. The van der Waals surface area contributed by atoms with Crippen molar-refractivity contribution in [3.8, 4) is 33.9 Å². The first-order valence-electron chi connectivity index (χ1n) is 13.8. The maximum absolute atomic E-state index is 5.11. The number of para-hydroxylation sites is 1. The second-order valence-corrected chi connectivity index (χ2v) is 12.0. The first kappa shape index (κ1) is 24.1. The van der Waals surface area contributed by atoms with Crippen molar-refractivity contribution in [3.05, 3.63) is 132 Å². The zero-order chi connectivity index (χ0) is 27.6. The van der Waals surface area contributed by atoms with Gasteiger partial charge in [-0.05, 0) is 46.5 Å². The molecular formula is C36H26N4S. The van der Waals surface area contributed by atoms with Gasteiger partial charge >= 0.3 is 0 Å². The molecule has 2 aliphatic rings. The molecule has 0 radical (unpaired) electrons. The molecule has 0 unspecified atom stereocenters. The number of hydrogen-bond donors (Lipinski definition) is 0. The molecule has 5 heteroatoms. The first-order chi connectivity index (χ1) is 20.1. The SMILES string of the molecule is CC1(C)c2ccccc2-c2cc3c(cc21)N(c1nc(-c2ccccc2)nc(-c2ccccc2)n1)c1ccccc1S3. The van der Waals surface area contributed by atoms with Crippen molar-refractivity contribution in [2.45, 2.75) is 29.1 Å². The smallest absolute Gasteiger partial charge is 0.238 e. The third kappa shape index (κ3) is 3.80. The lowest BCUT2D eigenvalue weighted by atomic mass is 9.82. The Balaban J connectivity index is 1.39. The minimum atomic E-state index is -0.113. The topological polar surface area (TPSA) is 41.9 Å². The molecule has 0 fully saturated rings. The molecule has 41 heavy (non-hydrogen) atoms. The van der Waals surface area contributed by atoms with Crippen LogP contribution in [-0.4, -0.2) is 15.0 Å². The van der Waals surface area contributed by atoms with Gasteiger partial charge in [0.25, 0.3) is 0 Å². The predicted octanol–water partition coefficient (Wildman–Crippen LogP) is 9.45. The average Bonchev–Trinajstić information content (AvgIpc) is 3.25. The van der Waals surface area contributed by atoms with E-state index >= 15 is 0 Å². The zero-order valence-electron chi connectivity index (χ0n) is 22.7. The van der Waals surface area contributed by atoms with Gasteiger partial charge in [0, 0.05) is 26.3 Å². The number of anilines is 3. The summed E-state index contributed by atoms with van der Waals surface area (Å²) in [5, 5.41) is 0. The Morgan fingerprint density at radius 3 is 1.85 bits per heavy atom. The maximum Gasteiger partial charge on any atom is 0.238 e. The van der Waals surface area contributed by atoms with Crippen LogP contribution in [0.15, 0.2) is 131 Å². The van der Waals surface area contributed by atoms with Gasteiger partial charge < -0.3 is 0 Å². The van der Waals surface area contributed by atoms with Crippen LogP contribution >= 0.6 is 11.8 Å². The summed E-state index contributed by atoms with van der Waals surface area (Å²) in [7, 11) is 0. The lowest BCUT2D eigenvalue weighted by molar-refractivity contribution is 0.660. The molecule has 2 heterocycles. The van der Waals surface area contributed by atoms with Crippen LogP contribution < -0.4 is 4.90 Å². The van der Waals surface area contributed by atoms with Crippen molar-refractivity contribution in [2.75, 3.05) is 4.90 Å². The highest BCUT2D eigenvalue weighted by Crippen LogP contribution is 2.57. The van der Waals surface area contributed by atoms with Crippen LogP contribution in [-0.2, 0) is 5.41 Å². The lowest BCUT2D eigenvalue weighted by Crippen LogP contribution is -2.20. The van der Waals surface area contributed by atoms with Crippen molar-refractivity contribution in [2.24, 2.45) is 0 Å². The Hall–Kier alpha value is -4.74. The van der Waals surface area contributed by atoms with Gasteiger partial charge in [-0.15, -0.1) is 0 Å². The Morgan fingerprint density at radius 1 is 0.537 bits per heavy atom. The van der Waals surface area contributed by atoms with E-state index in [4.69, 9.17) is 15.0 Å². The molecule has 1 aliphatic heterocycles. The highest BCUT2D eigenvalue weighted by Gasteiger charge is 2.38. The predicted molar refractivity (Wildman–Crippen MR) is 167 cm³/mol. The average molecular weight is 547 g/mol. The normalized spacial score (nSPS) is 14.1. The van der Waals surface area contributed by atoms with Crippen LogP contribution in [0.2, 0.25) is 0 Å². The summed E-state index contributed by atoms with van der Waals surface area (Å²) >= 11 is 1.81. The van der Waals surface area contributed by atoms with E-state index in [-0.39, 0.29) is 5.41 Å². The van der Waals surface area contributed by atoms with Gasteiger partial charge in [0.1, 0.15) is 0 Å². The van der Waals surface area contributed by atoms with Crippen LogP contribution in [0.5, 0.6) is 0 Å². The van der Waals surface area contributed by atoms with Gasteiger partial charge in [-0.1, -0.05) is 123 Å². The minimum Gasteiger partial charge on any atom is -0.277 e. The van der Waals surface area contributed by atoms with Crippen LogP contribution in [0.3, 0.4) is 0 Å². The summed E-state index contributed by atoms with van der Waals surface area (Å²) in [4.78, 5) is 19.8. The van der Waals surface area contributed by atoms with Crippen molar-refractivity contribution in [1.82, 2.24) is 15.0 Å². The number of benzene rings is 5. The summed E-state index contributed by atoms with van der Waals surface area (Å²) in [6.45, 7) is 4.64. The molecule has 0 saturated heterocycles. The highest BCUT2D eigenvalue weighted by molar-refractivity contribution is 7.99. The molecule has 8 rings (SSSR count). The summed E-state index contributed by atoms with van der Waals surface area (Å²) in [5.41, 5.74) is 9.28. The zero-order valence-corrected chi connectivity index (χ0v) is 23.6. The van der Waals surface area contributed by atoms with E-state index in [1.54, 1.807) is 0 Å². The molecule has 1 aliphatic carbocycles. The molecule has 0 saturated carbocycles. The molecule has 0 N–H and O–H groups in total. The molecule has 0 atom stereocenters. The van der Waals surface area contributed by atoms with Gasteiger partial charge in [0.2, 0.25) is 5.95 Å². The summed E-state index contributed by atoms with van der Waals surface area (Å²) in [5.74, 6) is 1.92. The molecule has 0 amide bonds. The number of aromatic nitrogens is 3. The molecule has 4 nitrogen and oxygen atoms in total. The molecule has 0 bridgehead atoms. The lowest BCUT2D eigenvalue weighted by Gasteiger charge is -2.33. The van der Waals surface area contributed by atoms with E-state index < -0.39 is 0 Å². The van der Waals surface area contributed by atoms with E-state index in [9.17, 15) is 0 Å². The van der Waals surface area contributed by atoms with E-state index in [1.165, 1.54) is 32.0 Å². The fourth-order valence-electron chi connectivity index (χ4n) is 6.06. The Morgan fingerprint density at radius 2 is 1.15 bits per heavy atom. The molecule has 0 spiro atoms. The Bertz CT molecular complexity index is 1890. The summed E-state index contributed by atoms with van der Waals surface area (Å²) < 4.78 is 0. The maximum atomic E-state index is 5.11. The Labute approximate surface area is 243 Å². The third-order valence-electron chi connectivity index (χ3n) is 8.12. The molecule has 196 valence electrons. The van der Waals surface area contributed by atoms with Gasteiger partial charge in [0.05, 0.1) is 11.4 Å². The molecular weight excluding hydrogens is 520 g/mol. The van der Waals surface area contributed by atoms with Crippen molar-refractivity contribution >= 4 is 29.1 Å². The highest BCUT2D eigenvalue weighted by atomic mass is 32.2. The second-order valence-electron chi connectivity index (χ2n) is 11.0.